The van der Waals surface area contributed by atoms with Crippen LogP contribution in [0.5, 0.6) is 0 Å². The van der Waals surface area contributed by atoms with Crippen LogP contribution in [0.1, 0.15) is 32.6 Å². The van der Waals surface area contributed by atoms with Crippen LogP contribution in [0, 0.1) is 0 Å². The fraction of sp³-hybridized carbons (Fsp3) is 1.00. The van der Waals surface area contributed by atoms with Crippen molar-refractivity contribution in [1.29, 1.82) is 0 Å². The molecular weight excluding hydrogens is 160 g/mol. The molecule has 76 valence electrons. The summed E-state index contributed by atoms with van der Waals surface area (Å²) in [6, 6.07) is 0.878. The molecule has 2 rings (SSSR count). The summed E-state index contributed by atoms with van der Waals surface area (Å²) < 4.78 is 1.42. The van der Waals surface area contributed by atoms with Crippen molar-refractivity contribution >= 4 is 0 Å². The Morgan fingerprint density at radius 1 is 1.31 bits per heavy atom. The predicted octanol–water partition coefficient (Wildman–Crippen LogP) is 1.67. The summed E-state index contributed by atoms with van der Waals surface area (Å²) in [5.74, 6) is 0. The van der Waals surface area contributed by atoms with E-state index in [0.717, 1.165) is 6.04 Å². The lowest BCUT2D eigenvalue weighted by atomic mass is 10.1. The molecule has 0 saturated carbocycles. The molecule has 0 aromatic carbocycles. The predicted molar refractivity (Wildman–Crippen MR) is 55.4 cm³/mol. The Bertz CT molecular complexity index is 173. The first-order valence-corrected chi connectivity index (χ1v) is 5.81. The van der Waals surface area contributed by atoms with Gasteiger partial charge in [0.15, 0.2) is 0 Å². The van der Waals surface area contributed by atoms with Gasteiger partial charge in [0.25, 0.3) is 0 Å². The number of likely N-dealkylation sites (N-methyl/N-ethyl adjacent to an activating group) is 1. The molecule has 2 nitrogen and oxygen atoms in total. The first-order valence-electron chi connectivity index (χ1n) is 5.81. The summed E-state index contributed by atoms with van der Waals surface area (Å²) in [7, 11) is 2.31. The van der Waals surface area contributed by atoms with Crippen LogP contribution in [0.4, 0.5) is 0 Å². The minimum atomic E-state index is 0.878. The standard InChI is InChI=1S/C11H23N2/c1-3-6-11-9-13(10-12(11)2)7-4-5-8-13/h11H,3-10H2,1-2H3/q+1. The molecule has 0 aromatic heterocycles. The number of quaternary nitrogens is 1. The van der Waals surface area contributed by atoms with Crippen molar-refractivity contribution < 1.29 is 4.48 Å². The van der Waals surface area contributed by atoms with Crippen molar-refractivity contribution in [3.63, 3.8) is 0 Å². The lowest BCUT2D eigenvalue weighted by molar-refractivity contribution is -0.909. The zero-order chi connectivity index (χ0) is 9.31. The van der Waals surface area contributed by atoms with E-state index in [0.29, 0.717) is 0 Å². The number of rotatable bonds is 2. The van der Waals surface area contributed by atoms with Crippen molar-refractivity contribution in [3.8, 4) is 0 Å². The van der Waals surface area contributed by atoms with Crippen LogP contribution < -0.4 is 0 Å². The van der Waals surface area contributed by atoms with Crippen LogP contribution in [0.15, 0.2) is 0 Å². The van der Waals surface area contributed by atoms with Gasteiger partial charge < -0.3 is 4.48 Å². The first-order chi connectivity index (χ1) is 6.26. The van der Waals surface area contributed by atoms with Gasteiger partial charge in [-0.15, -0.1) is 0 Å². The van der Waals surface area contributed by atoms with E-state index in [1.807, 2.05) is 0 Å². The highest BCUT2D eigenvalue weighted by Gasteiger charge is 2.42. The van der Waals surface area contributed by atoms with Crippen LogP contribution >= 0.6 is 0 Å². The third-order valence-electron chi connectivity index (χ3n) is 3.88. The fourth-order valence-corrected chi connectivity index (χ4v) is 3.21. The molecule has 2 fully saturated rings. The van der Waals surface area contributed by atoms with E-state index < -0.39 is 0 Å². The van der Waals surface area contributed by atoms with Crippen molar-refractivity contribution in [2.24, 2.45) is 0 Å². The van der Waals surface area contributed by atoms with E-state index in [9.17, 15) is 0 Å². The highest BCUT2D eigenvalue weighted by molar-refractivity contribution is 4.74. The van der Waals surface area contributed by atoms with Crippen molar-refractivity contribution in [1.82, 2.24) is 4.90 Å². The quantitative estimate of drug-likeness (QED) is 0.589. The molecule has 2 aliphatic rings. The fourth-order valence-electron chi connectivity index (χ4n) is 3.21. The molecule has 0 aliphatic carbocycles. The van der Waals surface area contributed by atoms with Gasteiger partial charge >= 0.3 is 0 Å². The molecule has 1 unspecified atom stereocenters. The summed E-state index contributed by atoms with van der Waals surface area (Å²) >= 11 is 0. The molecule has 0 aromatic rings. The minimum absolute atomic E-state index is 0.878. The summed E-state index contributed by atoms with van der Waals surface area (Å²) in [6.07, 6.45) is 5.67. The molecule has 2 aliphatic heterocycles. The van der Waals surface area contributed by atoms with Crippen LogP contribution in [0.25, 0.3) is 0 Å². The zero-order valence-corrected chi connectivity index (χ0v) is 9.13. The third-order valence-corrected chi connectivity index (χ3v) is 3.88. The Morgan fingerprint density at radius 2 is 2.00 bits per heavy atom. The zero-order valence-electron chi connectivity index (χ0n) is 9.13. The van der Waals surface area contributed by atoms with Gasteiger partial charge in [0.1, 0.15) is 6.67 Å². The molecule has 2 heterocycles. The largest absolute Gasteiger partial charge is 0.310 e. The van der Waals surface area contributed by atoms with Gasteiger partial charge in [-0.05, 0) is 13.5 Å². The highest BCUT2D eigenvalue weighted by atomic mass is 15.5. The summed E-state index contributed by atoms with van der Waals surface area (Å²) in [6.45, 7) is 7.96. The van der Waals surface area contributed by atoms with E-state index in [-0.39, 0.29) is 0 Å². The van der Waals surface area contributed by atoms with E-state index in [1.165, 1.54) is 56.5 Å². The average Bonchev–Trinajstić information content (AvgIpc) is 2.63. The molecule has 2 saturated heterocycles. The third kappa shape index (κ3) is 1.75. The normalized spacial score (nSPS) is 33.2. The number of hydrogen-bond donors (Lipinski definition) is 0. The highest BCUT2D eigenvalue weighted by Crippen LogP contribution is 2.28. The van der Waals surface area contributed by atoms with E-state index in [1.54, 1.807) is 0 Å². The van der Waals surface area contributed by atoms with Crippen LogP contribution in [0.3, 0.4) is 0 Å². The molecule has 0 radical (unpaired) electrons. The van der Waals surface area contributed by atoms with Crippen molar-refractivity contribution in [3.05, 3.63) is 0 Å². The molecular formula is C11H23N2+. The molecule has 0 bridgehead atoms. The maximum Gasteiger partial charge on any atom is 0.135 e. The van der Waals surface area contributed by atoms with Crippen LogP contribution in [-0.2, 0) is 0 Å². The Morgan fingerprint density at radius 3 is 2.62 bits per heavy atom. The van der Waals surface area contributed by atoms with Crippen LogP contribution in [-0.4, -0.2) is 48.8 Å². The number of nitrogens with zero attached hydrogens (tertiary/aromatic N) is 2. The Labute approximate surface area is 82.1 Å². The minimum Gasteiger partial charge on any atom is -0.310 e. The molecule has 2 heteroatoms. The van der Waals surface area contributed by atoms with Crippen molar-refractivity contribution in [2.45, 2.75) is 38.6 Å². The molecule has 1 atom stereocenters. The maximum atomic E-state index is 2.59. The maximum absolute atomic E-state index is 2.59. The van der Waals surface area contributed by atoms with Crippen LogP contribution in [0.2, 0.25) is 0 Å². The lowest BCUT2D eigenvalue weighted by Crippen LogP contribution is -2.44. The van der Waals surface area contributed by atoms with E-state index in [2.05, 4.69) is 18.9 Å². The number of hydrogen-bond acceptors (Lipinski definition) is 1. The monoisotopic (exact) mass is 183 g/mol. The average molecular weight is 183 g/mol. The summed E-state index contributed by atoms with van der Waals surface area (Å²) in [5, 5.41) is 0. The lowest BCUT2D eigenvalue weighted by Gasteiger charge is -2.28. The second-order valence-corrected chi connectivity index (χ2v) is 5.02. The summed E-state index contributed by atoms with van der Waals surface area (Å²) in [4.78, 5) is 2.59. The van der Waals surface area contributed by atoms with E-state index >= 15 is 0 Å². The molecule has 13 heavy (non-hydrogen) atoms. The smallest absolute Gasteiger partial charge is 0.135 e. The topological polar surface area (TPSA) is 3.24 Å². The van der Waals surface area contributed by atoms with Gasteiger partial charge in [-0.25, -0.2) is 0 Å². The SMILES string of the molecule is CCCC1C[N+]2(CCCC2)CN1C. The van der Waals surface area contributed by atoms with Gasteiger partial charge in [-0.2, -0.15) is 0 Å². The van der Waals surface area contributed by atoms with Gasteiger partial charge in [0.2, 0.25) is 0 Å². The van der Waals surface area contributed by atoms with E-state index in [4.69, 9.17) is 0 Å². The molecule has 0 amide bonds. The molecule has 0 N–H and O–H groups in total. The molecule has 1 spiro atoms. The van der Waals surface area contributed by atoms with Gasteiger partial charge in [-0.3, -0.25) is 4.90 Å². The Kier molecular flexibility index (Phi) is 2.61. The van der Waals surface area contributed by atoms with Gasteiger partial charge in [-0.1, -0.05) is 13.3 Å². The second-order valence-electron chi connectivity index (χ2n) is 5.02. The summed E-state index contributed by atoms with van der Waals surface area (Å²) in [5.41, 5.74) is 0. The first kappa shape index (κ1) is 9.47. The Balaban J connectivity index is 1.97. The van der Waals surface area contributed by atoms with Gasteiger partial charge in [0, 0.05) is 12.8 Å². The second kappa shape index (κ2) is 3.58. The Hall–Kier alpha value is -0.0800. The van der Waals surface area contributed by atoms with Crippen molar-refractivity contribution in [2.75, 3.05) is 33.4 Å². The van der Waals surface area contributed by atoms with Gasteiger partial charge in [0.05, 0.1) is 25.7 Å².